The molecule has 0 aromatic heterocycles. The molecule has 2 rings (SSSR count). The van der Waals surface area contributed by atoms with Crippen LogP contribution in [0.2, 0.25) is 0 Å². The minimum Gasteiger partial charge on any atom is -0.349 e. The number of amides is 2. The summed E-state index contributed by atoms with van der Waals surface area (Å²) < 4.78 is 0. The number of thioether (sulfide) groups is 1. The third-order valence-electron chi connectivity index (χ3n) is 4.41. The van der Waals surface area contributed by atoms with Crippen molar-refractivity contribution in [3.63, 3.8) is 0 Å². The van der Waals surface area contributed by atoms with Gasteiger partial charge in [0.25, 0.3) is 0 Å². The van der Waals surface area contributed by atoms with Crippen LogP contribution in [0.25, 0.3) is 0 Å². The minimum atomic E-state index is -0.284. The molecule has 2 fully saturated rings. The SMILES string of the molecule is CN(C)C(=O)[C@H]1CC[C@H](NCC(=O)N2CSC[C@H]2C#N)CC1. The van der Waals surface area contributed by atoms with Crippen molar-refractivity contribution < 1.29 is 9.59 Å². The number of rotatable bonds is 4. The van der Waals surface area contributed by atoms with Crippen LogP contribution in [-0.4, -0.2) is 66.0 Å². The average Bonchev–Trinajstić information content (AvgIpc) is 3.01. The molecule has 1 heterocycles. The maximum Gasteiger partial charge on any atom is 0.238 e. The summed E-state index contributed by atoms with van der Waals surface area (Å²) in [6.45, 7) is 0.287. The standard InChI is InChI=1S/C15H24N4O2S/c1-18(2)15(21)11-3-5-12(6-4-11)17-8-14(20)19-10-22-9-13(19)7-16/h11-13,17H,3-6,8-10H2,1-2H3/t11-,12-,13-/m1/s1. The smallest absolute Gasteiger partial charge is 0.238 e. The van der Waals surface area contributed by atoms with Crippen molar-refractivity contribution in [1.29, 1.82) is 5.26 Å². The lowest BCUT2D eigenvalue weighted by atomic mass is 9.85. The van der Waals surface area contributed by atoms with E-state index in [9.17, 15) is 9.59 Å². The van der Waals surface area contributed by atoms with E-state index in [1.165, 1.54) is 0 Å². The molecule has 22 heavy (non-hydrogen) atoms. The predicted octanol–water partition coefficient (Wildman–Crippen LogP) is 0.648. The molecule has 0 aromatic rings. The lowest BCUT2D eigenvalue weighted by Gasteiger charge is -2.30. The van der Waals surface area contributed by atoms with Gasteiger partial charge in [-0.2, -0.15) is 5.26 Å². The molecule has 0 radical (unpaired) electrons. The van der Waals surface area contributed by atoms with Crippen LogP contribution in [0.1, 0.15) is 25.7 Å². The third kappa shape index (κ3) is 4.14. The maximum atomic E-state index is 12.2. The lowest BCUT2D eigenvalue weighted by Crippen LogP contribution is -2.45. The molecule has 1 aliphatic heterocycles. The summed E-state index contributed by atoms with van der Waals surface area (Å²) in [4.78, 5) is 27.4. The van der Waals surface area contributed by atoms with E-state index in [-0.39, 0.29) is 30.3 Å². The van der Waals surface area contributed by atoms with Crippen LogP contribution in [0.5, 0.6) is 0 Å². The number of nitrogens with zero attached hydrogens (tertiary/aromatic N) is 3. The van der Waals surface area contributed by atoms with Gasteiger partial charge in [-0.05, 0) is 25.7 Å². The highest BCUT2D eigenvalue weighted by molar-refractivity contribution is 7.99. The zero-order valence-corrected chi connectivity index (χ0v) is 14.1. The average molecular weight is 324 g/mol. The van der Waals surface area contributed by atoms with Crippen LogP contribution in [0, 0.1) is 17.2 Å². The molecule has 0 aromatic carbocycles. The first-order chi connectivity index (χ1) is 10.5. The van der Waals surface area contributed by atoms with E-state index in [2.05, 4.69) is 11.4 Å². The molecule has 1 N–H and O–H groups in total. The van der Waals surface area contributed by atoms with Gasteiger partial charge in [-0.3, -0.25) is 9.59 Å². The molecule has 1 aliphatic carbocycles. The van der Waals surface area contributed by atoms with Crippen molar-refractivity contribution in [1.82, 2.24) is 15.1 Å². The third-order valence-corrected chi connectivity index (χ3v) is 5.42. The maximum absolute atomic E-state index is 12.2. The van der Waals surface area contributed by atoms with Crippen LogP contribution in [0.15, 0.2) is 0 Å². The molecule has 1 saturated heterocycles. The zero-order valence-electron chi connectivity index (χ0n) is 13.2. The number of hydrogen-bond donors (Lipinski definition) is 1. The van der Waals surface area contributed by atoms with E-state index in [4.69, 9.17) is 5.26 Å². The van der Waals surface area contributed by atoms with E-state index >= 15 is 0 Å². The van der Waals surface area contributed by atoms with E-state index in [0.29, 0.717) is 17.7 Å². The molecular formula is C15H24N4O2S. The summed E-state index contributed by atoms with van der Waals surface area (Å²) in [7, 11) is 3.59. The van der Waals surface area contributed by atoms with Crippen molar-refractivity contribution in [2.24, 2.45) is 5.92 Å². The summed E-state index contributed by atoms with van der Waals surface area (Å²) in [6.07, 6.45) is 3.61. The highest BCUT2D eigenvalue weighted by Gasteiger charge is 2.30. The normalized spacial score (nSPS) is 28.2. The van der Waals surface area contributed by atoms with E-state index in [1.807, 2.05) is 0 Å². The molecule has 0 spiro atoms. The molecule has 122 valence electrons. The van der Waals surface area contributed by atoms with Crippen LogP contribution in [0.4, 0.5) is 0 Å². The Hall–Kier alpha value is -1.26. The van der Waals surface area contributed by atoms with Gasteiger partial charge in [0.2, 0.25) is 11.8 Å². The Bertz CT molecular complexity index is 455. The number of nitriles is 1. The highest BCUT2D eigenvalue weighted by atomic mass is 32.2. The van der Waals surface area contributed by atoms with Gasteiger partial charge in [-0.25, -0.2) is 0 Å². The second kappa shape index (κ2) is 7.84. The van der Waals surface area contributed by atoms with Gasteiger partial charge in [0.15, 0.2) is 0 Å². The second-order valence-corrected chi connectivity index (χ2v) is 7.17. The second-order valence-electron chi connectivity index (χ2n) is 6.17. The van der Waals surface area contributed by atoms with E-state index in [1.54, 1.807) is 35.7 Å². The van der Waals surface area contributed by atoms with Gasteiger partial charge in [0, 0.05) is 31.8 Å². The van der Waals surface area contributed by atoms with Crippen LogP contribution in [-0.2, 0) is 9.59 Å². The fraction of sp³-hybridized carbons (Fsp3) is 0.800. The fourth-order valence-electron chi connectivity index (χ4n) is 3.04. The van der Waals surface area contributed by atoms with Crippen molar-refractivity contribution >= 4 is 23.6 Å². The first kappa shape index (κ1) is 17.1. The van der Waals surface area contributed by atoms with Gasteiger partial charge in [0.05, 0.1) is 18.5 Å². The summed E-state index contributed by atoms with van der Waals surface area (Å²) in [5, 5.41) is 12.3. The Morgan fingerprint density at radius 3 is 2.59 bits per heavy atom. The Labute approximate surface area is 136 Å². The van der Waals surface area contributed by atoms with Gasteiger partial charge in [0.1, 0.15) is 6.04 Å². The summed E-state index contributed by atoms with van der Waals surface area (Å²) in [6, 6.07) is 2.19. The Kier molecular flexibility index (Phi) is 6.09. The van der Waals surface area contributed by atoms with Crippen molar-refractivity contribution in [2.75, 3.05) is 32.3 Å². The molecule has 2 aliphatic rings. The van der Waals surface area contributed by atoms with Gasteiger partial charge >= 0.3 is 0 Å². The van der Waals surface area contributed by atoms with Crippen molar-refractivity contribution in [3.8, 4) is 6.07 Å². The molecule has 7 heteroatoms. The molecule has 6 nitrogen and oxygen atoms in total. The Morgan fingerprint density at radius 2 is 2.00 bits per heavy atom. The lowest BCUT2D eigenvalue weighted by molar-refractivity contribution is -0.134. The van der Waals surface area contributed by atoms with Crippen molar-refractivity contribution in [2.45, 2.75) is 37.8 Å². The number of carbonyl (C=O) groups excluding carboxylic acids is 2. The van der Waals surface area contributed by atoms with Crippen molar-refractivity contribution in [3.05, 3.63) is 0 Å². The monoisotopic (exact) mass is 324 g/mol. The number of carbonyl (C=O) groups is 2. The first-order valence-electron chi connectivity index (χ1n) is 7.74. The summed E-state index contributed by atoms with van der Waals surface area (Å²) >= 11 is 1.62. The molecule has 0 unspecified atom stereocenters. The Balaban J connectivity index is 1.72. The van der Waals surface area contributed by atoms with Gasteiger partial charge in [-0.15, -0.1) is 11.8 Å². The highest BCUT2D eigenvalue weighted by Crippen LogP contribution is 2.25. The topological polar surface area (TPSA) is 76.4 Å². The largest absolute Gasteiger partial charge is 0.349 e. The Morgan fingerprint density at radius 1 is 1.32 bits per heavy atom. The van der Waals surface area contributed by atoms with E-state index < -0.39 is 0 Å². The zero-order chi connectivity index (χ0) is 16.1. The molecule has 0 bridgehead atoms. The fourth-order valence-corrected chi connectivity index (χ4v) is 4.14. The first-order valence-corrected chi connectivity index (χ1v) is 8.89. The molecular weight excluding hydrogens is 300 g/mol. The van der Waals surface area contributed by atoms with Gasteiger partial charge in [-0.1, -0.05) is 0 Å². The molecule has 1 saturated carbocycles. The summed E-state index contributed by atoms with van der Waals surface area (Å²) in [5.41, 5.74) is 0. The summed E-state index contributed by atoms with van der Waals surface area (Å²) in [5.74, 6) is 1.66. The molecule has 2 amide bonds. The van der Waals surface area contributed by atoms with Crippen LogP contribution in [0.3, 0.4) is 0 Å². The van der Waals surface area contributed by atoms with E-state index in [0.717, 1.165) is 25.7 Å². The van der Waals surface area contributed by atoms with Crippen LogP contribution < -0.4 is 5.32 Å². The number of hydrogen-bond acceptors (Lipinski definition) is 5. The van der Waals surface area contributed by atoms with Gasteiger partial charge < -0.3 is 15.1 Å². The molecule has 1 atom stereocenters. The predicted molar refractivity (Wildman–Crippen MR) is 86.0 cm³/mol. The minimum absolute atomic E-state index is 0.00282. The quantitative estimate of drug-likeness (QED) is 0.821. The number of nitrogens with one attached hydrogen (secondary N) is 1. The van der Waals surface area contributed by atoms with Crippen LogP contribution >= 0.6 is 11.8 Å².